The Kier molecular flexibility index (Phi) is 4.80. The lowest BCUT2D eigenvalue weighted by atomic mass is 10.1. The Morgan fingerprint density at radius 2 is 1.57 bits per heavy atom. The first-order valence-electron chi connectivity index (χ1n) is 7.83. The molecule has 0 radical (unpaired) electrons. The molecule has 1 aromatic carbocycles. The van der Waals surface area contributed by atoms with Gasteiger partial charge >= 0.3 is 0 Å². The van der Waals surface area contributed by atoms with Crippen molar-refractivity contribution in [2.75, 3.05) is 6.61 Å². The summed E-state index contributed by atoms with van der Waals surface area (Å²) in [4.78, 5) is 29.9. The fourth-order valence-corrected chi connectivity index (χ4v) is 3.61. The zero-order valence-electron chi connectivity index (χ0n) is 14.7. The number of carbonyl (C=O) groups is 2. The Hall–Kier alpha value is -1.50. The van der Waals surface area contributed by atoms with Gasteiger partial charge in [0, 0.05) is 0 Å². The van der Waals surface area contributed by atoms with Gasteiger partial charge in [-0.15, -0.1) is 5.06 Å². The van der Waals surface area contributed by atoms with Crippen LogP contribution in [0.3, 0.4) is 0 Å². The fourth-order valence-electron chi connectivity index (χ4n) is 2.18. The maximum absolute atomic E-state index is 12.2. The van der Waals surface area contributed by atoms with Gasteiger partial charge in [-0.3, -0.25) is 14.4 Å². The maximum Gasteiger partial charge on any atom is 0.285 e. The smallest absolute Gasteiger partial charge is 0.285 e. The van der Waals surface area contributed by atoms with E-state index in [1.54, 1.807) is 24.3 Å². The molecule has 0 saturated carbocycles. The van der Waals surface area contributed by atoms with Crippen LogP contribution in [-0.2, 0) is 9.26 Å². The van der Waals surface area contributed by atoms with Gasteiger partial charge in [0.25, 0.3) is 11.8 Å². The lowest BCUT2D eigenvalue weighted by Crippen LogP contribution is -2.45. The molecular weight excluding hydrogens is 310 g/mol. The minimum absolute atomic E-state index is 0.0940. The second-order valence-corrected chi connectivity index (χ2v) is 12.2. The minimum Gasteiger partial charge on any atom is -0.412 e. The van der Waals surface area contributed by atoms with Crippen LogP contribution in [0.15, 0.2) is 24.3 Å². The predicted octanol–water partition coefficient (Wildman–Crippen LogP) is 3.62. The fraction of sp³-hybridized carbons (Fsp3) is 0.529. The highest BCUT2D eigenvalue weighted by Crippen LogP contribution is 2.37. The van der Waals surface area contributed by atoms with E-state index in [0.29, 0.717) is 11.1 Å². The number of hydrogen-bond donors (Lipinski definition) is 0. The van der Waals surface area contributed by atoms with Crippen LogP contribution in [0.25, 0.3) is 0 Å². The molecule has 0 aliphatic carbocycles. The first-order valence-corrected chi connectivity index (χ1v) is 10.7. The molecule has 5 nitrogen and oxygen atoms in total. The number of carbonyl (C=O) groups excluding carboxylic acids is 2. The third-order valence-electron chi connectivity index (χ3n) is 4.50. The van der Waals surface area contributed by atoms with Crippen LogP contribution in [-0.4, -0.2) is 37.9 Å². The average molecular weight is 335 g/mol. The Balaban J connectivity index is 1.98. The first-order chi connectivity index (χ1) is 10.5. The van der Waals surface area contributed by atoms with E-state index >= 15 is 0 Å². The summed E-state index contributed by atoms with van der Waals surface area (Å²) in [6, 6.07) is 6.73. The van der Waals surface area contributed by atoms with Gasteiger partial charge in [-0.2, -0.15) is 0 Å². The summed E-state index contributed by atoms with van der Waals surface area (Å²) in [7, 11) is -1.91. The van der Waals surface area contributed by atoms with E-state index in [9.17, 15) is 9.59 Å². The number of benzene rings is 1. The highest BCUT2D eigenvalue weighted by atomic mass is 28.4. The highest BCUT2D eigenvalue weighted by molar-refractivity contribution is 6.74. The van der Waals surface area contributed by atoms with Crippen molar-refractivity contribution in [3.8, 4) is 0 Å². The molecule has 0 bridgehead atoms. The van der Waals surface area contributed by atoms with Gasteiger partial charge in [0.05, 0.1) is 17.2 Å². The molecular formula is C17H25NO4Si. The van der Waals surface area contributed by atoms with Gasteiger partial charge in [0.1, 0.15) is 6.61 Å². The number of hydroxylamine groups is 2. The average Bonchev–Trinajstić information content (AvgIpc) is 2.68. The van der Waals surface area contributed by atoms with Crippen molar-refractivity contribution >= 4 is 20.1 Å². The van der Waals surface area contributed by atoms with Crippen molar-refractivity contribution in [3.05, 3.63) is 35.4 Å². The number of amides is 2. The molecule has 0 spiro atoms. The third kappa shape index (κ3) is 3.54. The molecule has 1 atom stereocenters. The van der Waals surface area contributed by atoms with Crippen LogP contribution in [0.2, 0.25) is 18.1 Å². The van der Waals surface area contributed by atoms with Gasteiger partial charge in [0.2, 0.25) is 0 Å². The quantitative estimate of drug-likeness (QED) is 0.609. The van der Waals surface area contributed by atoms with Gasteiger partial charge in [-0.1, -0.05) is 32.9 Å². The molecule has 2 rings (SSSR count). The lowest BCUT2D eigenvalue weighted by molar-refractivity contribution is -0.111. The monoisotopic (exact) mass is 335 g/mol. The van der Waals surface area contributed by atoms with Gasteiger partial charge in [-0.05, 0) is 37.2 Å². The second kappa shape index (κ2) is 6.18. The Morgan fingerprint density at radius 1 is 1.09 bits per heavy atom. The molecule has 0 saturated heterocycles. The lowest BCUT2D eigenvalue weighted by Gasteiger charge is -2.38. The Morgan fingerprint density at radius 3 is 2.00 bits per heavy atom. The van der Waals surface area contributed by atoms with E-state index in [1.165, 1.54) is 0 Å². The molecule has 0 N–H and O–H groups in total. The van der Waals surface area contributed by atoms with Crippen LogP contribution in [0, 0.1) is 0 Å². The van der Waals surface area contributed by atoms with Gasteiger partial charge in [0.15, 0.2) is 8.32 Å². The predicted molar refractivity (Wildman–Crippen MR) is 90.6 cm³/mol. The molecule has 23 heavy (non-hydrogen) atoms. The van der Waals surface area contributed by atoms with E-state index in [4.69, 9.17) is 9.26 Å². The van der Waals surface area contributed by atoms with Crippen molar-refractivity contribution in [2.24, 2.45) is 0 Å². The van der Waals surface area contributed by atoms with Crippen LogP contribution < -0.4 is 0 Å². The minimum atomic E-state index is -1.91. The second-order valence-electron chi connectivity index (χ2n) is 7.43. The SMILES string of the molecule is C[C@H](CON1C(=O)c2ccccc2C1=O)O[Si](C)(C)C(C)(C)C. The van der Waals surface area contributed by atoms with Crippen LogP contribution in [0.5, 0.6) is 0 Å². The zero-order valence-corrected chi connectivity index (χ0v) is 15.7. The Labute approximate surface area is 138 Å². The molecule has 1 aliphatic rings. The highest BCUT2D eigenvalue weighted by Gasteiger charge is 2.40. The Bertz CT molecular complexity index is 586. The van der Waals surface area contributed by atoms with E-state index < -0.39 is 20.1 Å². The number of hydrogen-bond acceptors (Lipinski definition) is 4. The van der Waals surface area contributed by atoms with Crippen LogP contribution >= 0.6 is 0 Å². The summed E-state index contributed by atoms with van der Waals surface area (Å²) in [5, 5.41) is 0.937. The number of fused-ring (bicyclic) bond motifs is 1. The molecule has 1 heterocycles. The van der Waals surface area contributed by atoms with E-state index in [2.05, 4.69) is 33.9 Å². The molecule has 1 aliphatic heterocycles. The zero-order chi connectivity index (χ0) is 17.4. The summed E-state index contributed by atoms with van der Waals surface area (Å²) >= 11 is 0. The molecule has 0 fully saturated rings. The normalized spacial score (nSPS) is 16.7. The summed E-state index contributed by atoms with van der Waals surface area (Å²) < 4.78 is 6.17. The van der Waals surface area contributed by atoms with Crippen molar-refractivity contribution in [1.29, 1.82) is 0 Å². The summed E-state index contributed by atoms with van der Waals surface area (Å²) in [6.45, 7) is 12.9. The molecule has 6 heteroatoms. The summed E-state index contributed by atoms with van der Waals surface area (Å²) in [5.74, 6) is -0.824. The van der Waals surface area contributed by atoms with Gasteiger partial charge < -0.3 is 4.43 Å². The summed E-state index contributed by atoms with van der Waals surface area (Å²) in [6.07, 6.45) is -0.194. The largest absolute Gasteiger partial charge is 0.412 e. The van der Waals surface area contributed by atoms with E-state index in [-0.39, 0.29) is 17.7 Å². The number of rotatable bonds is 5. The first kappa shape index (κ1) is 17.8. The standard InChI is InChI=1S/C17H25NO4Si/c1-12(22-23(5,6)17(2,3)4)11-21-18-15(19)13-9-7-8-10-14(13)16(18)20/h7-10,12H,11H2,1-6H3/t12-/m1/s1. The molecule has 2 amide bonds. The number of imide groups is 1. The number of nitrogens with zero attached hydrogens (tertiary/aromatic N) is 1. The van der Waals surface area contributed by atoms with Crippen molar-refractivity contribution in [1.82, 2.24) is 5.06 Å². The van der Waals surface area contributed by atoms with Crippen molar-refractivity contribution in [3.63, 3.8) is 0 Å². The summed E-state index contributed by atoms with van der Waals surface area (Å²) in [5.41, 5.74) is 0.769. The molecule has 1 aromatic rings. The van der Waals surface area contributed by atoms with Crippen molar-refractivity contribution in [2.45, 2.75) is 51.9 Å². The van der Waals surface area contributed by atoms with E-state index in [0.717, 1.165) is 5.06 Å². The molecule has 0 aromatic heterocycles. The van der Waals surface area contributed by atoms with Crippen LogP contribution in [0.1, 0.15) is 48.4 Å². The topological polar surface area (TPSA) is 55.8 Å². The third-order valence-corrected chi connectivity index (χ3v) is 9.10. The van der Waals surface area contributed by atoms with Gasteiger partial charge in [-0.25, -0.2) is 0 Å². The van der Waals surface area contributed by atoms with Crippen LogP contribution in [0.4, 0.5) is 0 Å². The van der Waals surface area contributed by atoms with E-state index in [1.807, 2.05) is 6.92 Å². The maximum atomic E-state index is 12.2. The molecule has 0 unspecified atom stereocenters. The van der Waals surface area contributed by atoms with Crippen molar-refractivity contribution < 1.29 is 18.9 Å². The molecule has 126 valence electrons.